The van der Waals surface area contributed by atoms with Gasteiger partial charge in [-0.3, -0.25) is 14.4 Å². The van der Waals surface area contributed by atoms with E-state index in [1.165, 1.54) is 31.5 Å². The monoisotopic (exact) mass is 607 g/mol. The fourth-order valence-corrected chi connectivity index (χ4v) is 4.15. The Balaban J connectivity index is 1.94. The number of aromatic nitrogens is 3. The summed E-state index contributed by atoms with van der Waals surface area (Å²) in [5.41, 5.74) is -1.92. The average molecular weight is 608 g/mol. The third-order valence-corrected chi connectivity index (χ3v) is 6.01. The van der Waals surface area contributed by atoms with Crippen LogP contribution in [-0.4, -0.2) is 50.9 Å². The number of rotatable bonds is 10. The maximum atomic E-state index is 14.4. The summed E-state index contributed by atoms with van der Waals surface area (Å²) in [5, 5.41) is 4.98. The van der Waals surface area contributed by atoms with Crippen LogP contribution in [0.4, 0.5) is 28.0 Å². The Labute approximate surface area is 244 Å². The lowest BCUT2D eigenvalue weighted by atomic mass is 10.1. The molecule has 0 aliphatic rings. The van der Waals surface area contributed by atoms with Gasteiger partial charge < -0.3 is 19.9 Å². The van der Waals surface area contributed by atoms with Crippen LogP contribution in [-0.2, 0) is 27.3 Å². The number of alkyl halides is 3. The Hall–Kier alpha value is -4.49. The van der Waals surface area contributed by atoms with Gasteiger partial charge in [0.25, 0.3) is 5.56 Å². The topological polar surface area (TPSA) is 124 Å². The van der Waals surface area contributed by atoms with E-state index in [4.69, 9.17) is 4.74 Å². The van der Waals surface area contributed by atoms with E-state index in [9.17, 15) is 36.7 Å². The van der Waals surface area contributed by atoms with Gasteiger partial charge in [0.05, 0.1) is 17.6 Å². The predicted molar refractivity (Wildman–Crippen MR) is 151 cm³/mol. The molecule has 0 radical (unpaired) electrons. The number of hydrogen-bond acceptors (Lipinski definition) is 6. The van der Waals surface area contributed by atoms with Crippen molar-refractivity contribution in [2.45, 2.75) is 71.2 Å². The molecule has 232 valence electrons. The summed E-state index contributed by atoms with van der Waals surface area (Å²) in [5.74, 6) is -1.63. The Bertz CT molecular complexity index is 1580. The molecular weight excluding hydrogens is 574 g/mol. The highest BCUT2D eigenvalue weighted by Gasteiger charge is 2.30. The molecule has 3 aromatic rings. The van der Waals surface area contributed by atoms with Gasteiger partial charge in [0.2, 0.25) is 11.8 Å². The number of ether oxygens (including phenoxy) is 1. The molecule has 0 spiro atoms. The molecule has 0 aliphatic heterocycles. The number of nitrogens with one attached hydrogen (secondary N) is 2. The van der Waals surface area contributed by atoms with Gasteiger partial charge in [-0.05, 0) is 69.9 Å². The highest BCUT2D eigenvalue weighted by atomic mass is 19.4. The van der Waals surface area contributed by atoms with E-state index in [1.54, 1.807) is 26.8 Å². The molecule has 0 fully saturated rings. The van der Waals surface area contributed by atoms with E-state index < -0.39 is 48.0 Å². The molecule has 0 bridgehead atoms. The summed E-state index contributed by atoms with van der Waals surface area (Å²) < 4.78 is 61.1. The molecule has 0 aliphatic carbocycles. The van der Waals surface area contributed by atoms with Crippen LogP contribution in [0, 0.1) is 5.82 Å². The molecule has 0 atom stereocenters. The number of carbonyl (C=O) groups is 3. The van der Waals surface area contributed by atoms with Crippen molar-refractivity contribution in [3.63, 3.8) is 0 Å². The standard InChI is InChI=1S/C29H33F4N5O5/c1-28(2,3)43-27(42)38-22(35-21-16-19(30)15-18(25(21)38)12-13-29(31,32)33)17-37-14-8-9-20(26(37)41)36-24(40)11-7-5-6-10-23(39)34-4/h6,8-10,14-16H,5,7,11-13,17H2,1-4H3,(H,34,39)(H,36,40)/b10-6+. The van der Waals surface area contributed by atoms with Crippen LogP contribution in [0.3, 0.4) is 0 Å². The summed E-state index contributed by atoms with van der Waals surface area (Å²) in [4.78, 5) is 54.4. The van der Waals surface area contributed by atoms with Gasteiger partial charge >= 0.3 is 12.3 Å². The highest BCUT2D eigenvalue weighted by molar-refractivity contribution is 5.91. The van der Waals surface area contributed by atoms with Gasteiger partial charge in [-0.1, -0.05) is 6.08 Å². The summed E-state index contributed by atoms with van der Waals surface area (Å²) in [6.45, 7) is 4.45. The smallest absolute Gasteiger partial charge is 0.420 e. The molecule has 0 saturated carbocycles. The number of fused-ring (bicyclic) bond motifs is 1. The number of unbranched alkanes of at least 4 members (excludes halogenated alkanes) is 1. The van der Waals surface area contributed by atoms with E-state index >= 15 is 0 Å². The Morgan fingerprint density at radius 1 is 1.14 bits per heavy atom. The maximum Gasteiger partial charge on any atom is 0.420 e. The number of halogens is 4. The van der Waals surface area contributed by atoms with Gasteiger partial charge in [-0.15, -0.1) is 0 Å². The lowest BCUT2D eigenvalue weighted by molar-refractivity contribution is -0.134. The Kier molecular flexibility index (Phi) is 10.5. The number of benzene rings is 1. The SMILES string of the molecule is CNC(=O)/C=C/CCCC(=O)Nc1cccn(Cc2nc3cc(F)cc(CCC(F)(F)F)c3n2C(=O)OC(C)(C)C)c1=O. The Morgan fingerprint density at radius 3 is 2.51 bits per heavy atom. The van der Waals surface area contributed by atoms with Crippen molar-refractivity contribution >= 4 is 34.6 Å². The summed E-state index contributed by atoms with van der Waals surface area (Å²) >= 11 is 0. The summed E-state index contributed by atoms with van der Waals surface area (Å²) in [7, 11) is 1.50. The van der Waals surface area contributed by atoms with Crippen LogP contribution in [0.2, 0.25) is 0 Å². The lowest BCUT2D eigenvalue weighted by Gasteiger charge is -2.21. The summed E-state index contributed by atoms with van der Waals surface area (Å²) in [6.07, 6.45) is -2.05. The minimum absolute atomic E-state index is 0.0507. The van der Waals surface area contributed by atoms with Crippen molar-refractivity contribution in [3.8, 4) is 0 Å². The van der Waals surface area contributed by atoms with Gasteiger partial charge in [-0.25, -0.2) is 18.7 Å². The van der Waals surface area contributed by atoms with E-state index in [1.807, 2.05) is 0 Å². The van der Waals surface area contributed by atoms with Crippen LogP contribution in [0.25, 0.3) is 11.0 Å². The van der Waals surface area contributed by atoms with Crippen molar-refractivity contribution in [2.24, 2.45) is 0 Å². The van der Waals surface area contributed by atoms with Gasteiger partial charge in [0, 0.05) is 32.2 Å². The highest BCUT2D eigenvalue weighted by Crippen LogP contribution is 2.29. The van der Waals surface area contributed by atoms with Crippen molar-refractivity contribution in [3.05, 3.63) is 70.2 Å². The van der Waals surface area contributed by atoms with Crippen molar-refractivity contribution in [1.29, 1.82) is 0 Å². The number of nitrogens with zero attached hydrogens (tertiary/aromatic N) is 3. The molecule has 43 heavy (non-hydrogen) atoms. The normalized spacial score (nSPS) is 12.1. The first kappa shape index (κ1) is 33.0. The van der Waals surface area contributed by atoms with Crippen molar-refractivity contribution < 1.29 is 36.7 Å². The molecule has 0 saturated heterocycles. The zero-order chi connectivity index (χ0) is 31.9. The maximum absolute atomic E-state index is 14.4. The second-order valence-corrected chi connectivity index (χ2v) is 10.7. The summed E-state index contributed by atoms with van der Waals surface area (Å²) in [6, 6.07) is 4.78. The Morgan fingerprint density at radius 2 is 1.86 bits per heavy atom. The third kappa shape index (κ3) is 9.51. The van der Waals surface area contributed by atoms with Crippen LogP contribution >= 0.6 is 0 Å². The molecule has 2 heterocycles. The number of amides is 2. The third-order valence-electron chi connectivity index (χ3n) is 6.01. The van der Waals surface area contributed by atoms with Gasteiger partial charge in [-0.2, -0.15) is 13.2 Å². The van der Waals surface area contributed by atoms with Crippen LogP contribution in [0.15, 0.2) is 47.4 Å². The second-order valence-electron chi connectivity index (χ2n) is 10.7. The number of aryl methyl sites for hydroxylation is 1. The molecule has 0 unspecified atom stereocenters. The predicted octanol–water partition coefficient (Wildman–Crippen LogP) is 5.07. The van der Waals surface area contributed by atoms with Gasteiger partial charge in [0.1, 0.15) is 22.9 Å². The quantitative estimate of drug-likeness (QED) is 0.188. The first-order valence-electron chi connectivity index (χ1n) is 13.5. The number of imidazole rings is 1. The van der Waals surface area contributed by atoms with Crippen LogP contribution in [0.1, 0.15) is 57.8 Å². The zero-order valence-corrected chi connectivity index (χ0v) is 24.2. The lowest BCUT2D eigenvalue weighted by Crippen LogP contribution is -2.30. The largest absolute Gasteiger partial charge is 0.443 e. The minimum Gasteiger partial charge on any atom is -0.443 e. The van der Waals surface area contributed by atoms with Gasteiger partial charge in [0.15, 0.2) is 0 Å². The molecular formula is C29H33F4N5O5. The number of carbonyl (C=O) groups excluding carboxylic acids is 3. The molecule has 2 aromatic heterocycles. The minimum atomic E-state index is -4.53. The number of likely N-dealkylation sites (N-methyl/N-ethyl adjacent to an activating group) is 1. The number of allylic oxidation sites excluding steroid dienone is 1. The molecule has 2 amide bonds. The van der Waals surface area contributed by atoms with E-state index in [0.29, 0.717) is 12.8 Å². The first-order chi connectivity index (χ1) is 20.1. The number of pyridine rings is 1. The fourth-order valence-electron chi connectivity index (χ4n) is 4.15. The van der Waals surface area contributed by atoms with E-state index in [-0.39, 0.29) is 47.0 Å². The molecule has 1 aromatic carbocycles. The molecule has 3 rings (SSSR count). The number of anilines is 1. The van der Waals surface area contributed by atoms with Crippen LogP contribution in [0.5, 0.6) is 0 Å². The zero-order valence-electron chi connectivity index (χ0n) is 24.2. The van der Waals surface area contributed by atoms with Crippen molar-refractivity contribution in [2.75, 3.05) is 12.4 Å². The van der Waals surface area contributed by atoms with Crippen LogP contribution < -0.4 is 16.2 Å². The molecule has 10 nitrogen and oxygen atoms in total. The average Bonchev–Trinajstić information content (AvgIpc) is 3.25. The van der Waals surface area contributed by atoms with E-state index in [2.05, 4.69) is 15.6 Å². The molecule has 14 heteroatoms. The fraction of sp³-hybridized carbons (Fsp3) is 0.414. The van der Waals surface area contributed by atoms with Crippen molar-refractivity contribution in [1.82, 2.24) is 19.4 Å². The first-order valence-corrected chi connectivity index (χ1v) is 13.5. The van der Waals surface area contributed by atoms with E-state index in [0.717, 1.165) is 21.3 Å². The molecule has 2 N–H and O–H groups in total. The second kappa shape index (κ2) is 13.7. The number of hydrogen-bond donors (Lipinski definition) is 2.